The van der Waals surface area contributed by atoms with E-state index in [4.69, 9.17) is 4.74 Å². The number of likely N-dealkylation sites (tertiary alicyclic amines) is 1. The van der Waals surface area contributed by atoms with Gasteiger partial charge in [0.05, 0.1) is 13.2 Å². The van der Waals surface area contributed by atoms with E-state index in [1.807, 2.05) is 0 Å². The van der Waals surface area contributed by atoms with Crippen LogP contribution in [0.1, 0.15) is 31.4 Å². The summed E-state index contributed by atoms with van der Waals surface area (Å²) in [5.74, 6) is 0.392. The van der Waals surface area contributed by atoms with E-state index in [9.17, 15) is 19.4 Å². The molecule has 0 aliphatic carbocycles. The molecule has 2 N–H and O–H groups in total. The van der Waals surface area contributed by atoms with E-state index in [2.05, 4.69) is 13.8 Å². The highest BCUT2D eigenvalue weighted by Crippen LogP contribution is 2.27. The molecule has 0 saturated carbocycles. The van der Waals surface area contributed by atoms with Crippen LogP contribution in [0.4, 0.5) is 4.39 Å². The van der Waals surface area contributed by atoms with E-state index >= 15 is 0 Å². The van der Waals surface area contributed by atoms with Gasteiger partial charge in [0.25, 0.3) is 5.91 Å². The van der Waals surface area contributed by atoms with Crippen LogP contribution in [-0.4, -0.2) is 40.7 Å². The monoisotopic (exact) mass is 325 g/mol. The first-order valence-electron chi connectivity index (χ1n) is 7.88. The second-order valence-corrected chi connectivity index (χ2v) is 6.40. The highest BCUT2D eigenvalue weighted by molar-refractivity contribution is 5.78. The van der Waals surface area contributed by atoms with Gasteiger partial charge in [0, 0.05) is 24.2 Å². The van der Waals surface area contributed by atoms with Crippen molar-refractivity contribution in [3.8, 4) is 5.75 Å². The molecular weight excluding hydrogens is 301 g/mol. The molecule has 2 unspecified atom stereocenters. The number of aliphatic hydroxyl groups excluding tert-OH is 2. The number of hydrogen-bond donors (Lipinski definition) is 2. The molecule has 128 valence electrons. The predicted molar refractivity (Wildman–Crippen MR) is 83.3 cm³/mol. The maximum atomic E-state index is 13.4. The average molecular weight is 325 g/mol. The Morgan fingerprint density at radius 1 is 1.22 bits per heavy atom. The van der Waals surface area contributed by atoms with Gasteiger partial charge < -0.3 is 19.8 Å². The number of nitrogens with zero attached hydrogens (tertiary/aromatic N) is 1. The van der Waals surface area contributed by atoms with E-state index in [1.54, 1.807) is 4.90 Å². The lowest BCUT2D eigenvalue weighted by Crippen LogP contribution is -2.44. The number of piperidine rings is 1. The minimum atomic E-state index is -0.560. The van der Waals surface area contributed by atoms with Gasteiger partial charge in [-0.05, 0) is 30.4 Å². The molecule has 6 heteroatoms. The molecule has 1 heterocycles. The third-order valence-corrected chi connectivity index (χ3v) is 4.11. The van der Waals surface area contributed by atoms with Crippen molar-refractivity contribution in [2.24, 2.45) is 11.8 Å². The first-order chi connectivity index (χ1) is 10.9. The number of ether oxygens (including phenoxy) is 1. The van der Waals surface area contributed by atoms with Crippen molar-refractivity contribution in [2.75, 3.05) is 19.7 Å². The smallest absolute Gasteiger partial charge is 0.260 e. The minimum Gasteiger partial charge on any atom is -0.483 e. The van der Waals surface area contributed by atoms with Crippen molar-refractivity contribution in [3.05, 3.63) is 29.1 Å². The van der Waals surface area contributed by atoms with Crippen LogP contribution in [0.25, 0.3) is 0 Å². The lowest BCUT2D eigenvalue weighted by molar-refractivity contribution is -0.136. The zero-order valence-electron chi connectivity index (χ0n) is 13.6. The summed E-state index contributed by atoms with van der Waals surface area (Å²) in [6.45, 7) is 4.60. The van der Waals surface area contributed by atoms with Gasteiger partial charge in [-0.25, -0.2) is 4.39 Å². The van der Waals surface area contributed by atoms with Gasteiger partial charge in [0.2, 0.25) is 0 Å². The summed E-state index contributed by atoms with van der Waals surface area (Å²) in [5, 5.41) is 18.6. The van der Waals surface area contributed by atoms with Crippen molar-refractivity contribution in [2.45, 2.75) is 33.5 Å². The molecule has 23 heavy (non-hydrogen) atoms. The quantitative estimate of drug-likeness (QED) is 0.864. The molecule has 5 nitrogen and oxygen atoms in total. The molecule has 2 rings (SSSR count). The summed E-state index contributed by atoms with van der Waals surface area (Å²) in [7, 11) is 0. The molecule has 1 aromatic rings. The Kier molecular flexibility index (Phi) is 5.96. The average Bonchev–Trinajstić information content (AvgIpc) is 2.51. The fraction of sp³-hybridized carbons (Fsp3) is 0.588. The van der Waals surface area contributed by atoms with Gasteiger partial charge in [-0.3, -0.25) is 4.79 Å². The number of carbonyl (C=O) groups is 1. The first-order valence-corrected chi connectivity index (χ1v) is 7.88. The Labute approximate surface area is 135 Å². The van der Waals surface area contributed by atoms with Crippen LogP contribution < -0.4 is 4.74 Å². The summed E-state index contributed by atoms with van der Waals surface area (Å²) in [6, 6.07) is 2.29. The summed E-state index contributed by atoms with van der Waals surface area (Å²) in [6.07, 6.45) is 1.10. The molecule has 0 aromatic heterocycles. The molecule has 1 fully saturated rings. The minimum absolute atomic E-state index is 0.138. The molecule has 1 saturated heterocycles. The van der Waals surface area contributed by atoms with Crippen LogP contribution in [0.15, 0.2) is 12.1 Å². The largest absolute Gasteiger partial charge is 0.483 e. The summed E-state index contributed by atoms with van der Waals surface area (Å²) in [4.78, 5) is 14.1. The Balaban J connectivity index is 2.07. The standard InChI is InChI=1S/C17H24FNO4/c1-11-3-12(2)7-19(6-11)16(22)10-23-17-13(8-20)4-15(18)5-14(17)9-21/h4-5,11-12,20-21H,3,6-10H2,1-2H3. The Hall–Kier alpha value is -1.66. The Bertz CT molecular complexity index is 529. The second-order valence-electron chi connectivity index (χ2n) is 6.40. The third-order valence-electron chi connectivity index (χ3n) is 4.11. The molecule has 0 bridgehead atoms. The molecule has 1 aliphatic rings. The number of aliphatic hydroxyl groups is 2. The van der Waals surface area contributed by atoms with E-state index in [0.717, 1.165) is 18.6 Å². The Morgan fingerprint density at radius 2 is 1.74 bits per heavy atom. The van der Waals surface area contributed by atoms with Gasteiger partial charge in [-0.1, -0.05) is 13.8 Å². The number of rotatable bonds is 5. The van der Waals surface area contributed by atoms with E-state index < -0.39 is 19.0 Å². The molecule has 2 atom stereocenters. The van der Waals surface area contributed by atoms with Crippen LogP contribution in [-0.2, 0) is 18.0 Å². The normalized spacial score (nSPS) is 21.3. The molecule has 1 amide bonds. The summed E-state index contributed by atoms with van der Waals surface area (Å²) >= 11 is 0. The van der Waals surface area contributed by atoms with Gasteiger partial charge in [0.1, 0.15) is 11.6 Å². The van der Waals surface area contributed by atoms with Crippen LogP contribution in [0, 0.1) is 17.7 Å². The molecule has 1 aliphatic heterocycles. The van der Waals surface area contributed by atoms with Crippen LogP contribution in [0.3, 0.4) is 0 Å². The highest BCUT2D eigenvalue weighted by atomic mass is 19.1. The van der Waals surface area contributed by atoms with Crippen molar-refractivity contribution in [3.63, 3.8) is 0 Å². The van der Waals surface area contributed by atoms with E-state index in [1.165, 1.54) is 0 Å². The van der Waals surface area contributed by atoms with E-state index in [-0.39, 0.29) is 29.4 Å². The number of hydrogen-bond acceptors (Lipinski definition) is 4. The Morgan fingerprint density at radius 3 is 2.22 bits per heavy atom. The van der Waals surface area contributed by atoms with Gasteiger partial charge in [-0.15, -0.1) is 0 Å². The lowest BCUT2D eigenvalue weighted by Gasteiger charge is -2.35. The number of halogens is 1. The first kappa shape index (κ1) is 17.7. The number of carbonyl (C=O) groups excluding carboxylic acids is 1. The van der Waals surface area contributed by atoms with Crippen molar-refractivity contribution < 1.29 is 24.1 Å². The predicted octanol–water partition coefficient (Wildman–Crippen LogP) is 1.69. The third kappa shape index (κ3) is 4.42. The lowest BCUT2D eigenvalue weighted by atomic mass is 9.92. The summed E-state index contributed by atoms with van der Waals surface area (Å²) in [5.41, 5.74) is 0.449. The molecule has 0 radical (unpaired) electrons. The van der Waals surface area contributed by atoms with Crippen LogP contribution >= 0.6 is 0 Å². The molecule has 0 spiro atoms. The zero-order valence-corrected chi connectivity index (χ0v) is 13.6. The summed E-state index contributed by atoms with van der Waals surface area (Å²) < 4.78 is 18.9. The second kappa shape index (κ2) is 7.75. The SMILES string of the molecule is CC1CC(C)CN(C(=O)COc2c(CO)cc(F)cc2CO)C1. The molecular formula is C17H24FNO4. The fourth-order valence-electron chi connectivity index (χ4n) is 3.22. The topological polar surface area (TPSA) is 70.0 Å². The molecule has 1 aromatic carbocycles. The van der Waals surface area contributed by atoms with Crippen LogP contribution in [0.5, 0.6) is 5.75 Å². The fourth-order valence-corrected chi connectivity index (χ4v) is 3.22. The maximum absolute atomic E-state index is 13.4. The van der Waals surface area contributed by atoms with E-state index in [0.29, 0.717) is 24.9 Å². The zero-order chi connectivity index (χ0) is 17.0. The highest BCUT2D eigenvalue weighted by Gasteiger charge is 2.26. The van der Waals surface area contributed by atoms with Crippen LogP contribution in [0.2, 0.25) is 0 Å². The maximum Gasteiger partial charge on any atom is 0.260 e. The number of benzene rings is 1. The van der Waals surface area contributed by atoms with Crippen molar-refractivity contribution in [1.29, 1.82) is 0 Å². The van der Waals surface area contributed by atoms with Crippen molar-refractivity contribution >= 4 is 5.91 Å². The van der Waals surface area contributed by atoms with Gasteiger partial charge in [0.15, 0.2) is 6.61 Å². The van der Waals surface area contributed by atoms with Gasteiger partial charge in [-0.2, -0.15) is 0 Å². The number of amides is 1. The van der Waals surface area contributed by atoms with Crippen molar-refractivity contribution in [1.82, 2.24) is 4.90 Å². The van der Waals surface area contributed by atoms with Gasteiger partial charge >= 0.3 is 0 Å².